The van der Waals surface area contributed by atoms with Crippen LogP contribution in [0.2, 0.25) is 0 Å². The van der Waals surface area contributed by atoms with Gasteiger partial charge in [0.25, 0.3) is 0 Å². The van der Waals surface area contributed by atoms with Crippen molar-refractivity contribution >= 4 is 0 Å². The summed E-state index contributed by atoms with van der Waals surface area (Å²) in [6.07, 6.45) is 11.0. The standard InChI is InChI=1S/C16H27NO/c1-2-14-8-15-7-13(1)9-16(10-14,11-15)12-17-3-5-18-6-4-17/h13-15H,1-12H2/p+1/t13-,14-,15?,16?/m1/s1. The SMILES string of the molecule is C1C[NH+](CC23CC4C[C@@H](CC[C@H](C4)C2)C3)CCO1. The Morgan fingerprint density at radius 3 is 2.17 bits per heavy atom. The summed E-state index contributed by atoms with van der Waals surface area (Å²) in [5, 5.41) is 0. The minimum Gasteiger partial charge on any atom is -0.370 e. The van der Waals surface area contributed by atoms with Gasteiger partial charge in [0.2, 0.25) is 0 Å². The maximum Gasteiger partial charge on any atom is 0.101 e. The van der Waals surface area contributed by atoms with Gasteiger partial charge in [-0.2, -0.15) is 0 Å². The van der Waals surface area contributed by atoms with Gasteiger partial charge in [-0.15, -0.1) is 0 Å². The van der Waals surface area contributed by atoms with E-state index in [1.54, 1.807) is 44.9 Å². The Morgan fingerprint density at radius 1 is 0.889 bits per heavy atom. The average molecular weight is 250 g/mol. The van der Waals surface area contributed by atoms with Crippen LogP contribution >= 0.6 is 0 Å². The van der Waals surface area contributed by atoms with Crippen LogP contribution in [0.15, 0.2) is 0 Å². The first kappa shape index (κ1) is 11.7. The van der Waals surface area contributed by atoms with E-state index in [-0.39, 0.29) is 0 Å². The Kier molecular flexibility index (Phi) is 2.92. The summed E-state index contributed by atoms with van der Waals surface area (Å²) in [6, 6.07) is 0. The molecule has 102 valence electrons. The minimum absolute atomic E-state index is 0.750. The molecule has 5 rings (SSSR count). The van der Waals surface area contributed by atoms with Crippen molar-refractivity contribution in [2.24, 2.45) is 23.2 Å². The third-order valence-corrected chi connectivity index (χ3v) is 6.31. The second-order valence-corrected chi connectivity index (χ2v) is 7.80. The first-order valence-electron chi connectivity index (χ1n) is 8.23. The van der Waals surface area contributed by atoms with Crippen LogP contribution in [-0.4, -0.2) is 32.8 Å². The van der Waals surface area contributed by atoms with Crippen LogP contribution in [0, 0.1) is 23.2 Å². The van der Waals surface area contributed by atoms with E-state index in [1.165, 1.54) is 19.6 Å². The summed E-state index contributed by atoms with van der Waals surface area (Å²) in [6.45, 7) is 6.01. The van der Waals surface area contributed by atoms with Crippen molar-refractivity contribution in [2.75, 3.05) is 32.8 Å². The number of quaternary nitrogens is 1. The lowest BCUT2D eigenvalue weighted by molar-refractivity contribution is -0.915. The third-order valence-electron chi connectivity index (χ3n) is 6.31. The Balaban J connectivity index is 1.51. The van der Waals surface area contributed by atoms with Gasteiger partial charge in [0, 0.05) is 5.41 Å². The van der Waals surface area contributed by atoms with Crippen molar-refractivity contribution in [2.45, 2.75) is 44.9 Å². The summed E-state index contributed by atoms with van der Waals surface area (Å²) in [5.41, 5.74) is 0.750. The molecule has 0 aromatic rings. The van der Waals surface area contributed by atoms with Crippen molar-refractivity contribution in [3.63, 3.8) is 0 Å². The van der Waals surface area contributed by atoms with Crippen LogP contribution in [-0.2, 0) is 4.74 Å². The van der Waals surface area contributed by atoms with Crippen molar-refractivity contribution in [1.29, 1.82) is 0 Å². The molecule has 4 bridgehead atoms. The smallest absolute Gasteiger partial charge is 0.101 e. The van der Waals surface area contributed by atoms with Gasteiger partial charge < -0.3 is 9.64 Å². The topological polar surface area (TPSA) is 13.7 Å². The molecule has 4 aliphatic carbocycles. The molecule has 2 atom stereocenters. The van der Waals surface area contributed by atoms with Crippen LogP contribution in [0.4, 0.5) is 0 Å². The molecular weight excluding hydrogens is 222 g/mol. The van der Waals surface area contributed by atoms with E-state index in [1.807, 2.05) is 4.90 Å². The Labute approximate surface area is 111 Å². The second-order valence-electron chi connectivity index (χ2n) is 7.80. The van der Waals surface area contributed by atoms with Gasteiger partial charge in [-0.25, -0.2) is 0 Å². The van der Waals surface area contributed by atoms with Gasteiger partial charge in [-0.3, -0.25) is 0 Å². The number of hydrogen-bond acceptors (Lipinski definition) is 1. The van der Waals surface area contributed by atoms with Crippen LogP contribution in [0.25, 0.3) is 0 Å². The van der Waals surface area contributed by atoms with Gasteiger partial charge in [-0.05, 0) is 49.9 Å². The molecule has 5 fully saturated rings. The van der Waals surface area contributed by atoms with Gasteiger partial charge >= 0.3 is 0 Å². The molecule has 4 saturated carbocycles. The van der Waals surface area contributed by atoms with Crippen LogP contribution in [0.5, 0.6) is 0 Å². The van der Waals surface area contributed by atoms with E-state index in [0.29, 0.717) is 0 Å². The maximum atomic E-state index is 5.52. The van der Waals surface area contributed by atoms with E-state index in [2.05, 4.69) is 0 Å². The molecule has 0 aromatic heterocycles. The molecule has 0 aromatic carbocycles. The normalized spacial score (nSPS) is 48.3. The van der Waals surface area contributed by atoms with E-state index >= 15 is 0 Å². The minimum atomic E-state index is 0.750. The predicted octanol–water partition coefficient (Wildman–Crippen LogP) is 1.51. The lowest BCUT2D eigenvalue weighted by atomic mass is 9.58. The molecule has 5 aliphatic rings. The van der Waals surface area contributed by atoms with Gasteiger partial charge in [0.1, 0.15) is 13.1 Å². The molecule has 0 amide bonds. The van der Waals surface area contributed by atoms with Crippen molar-refractivity contribution in [1.82, 2.24) is 0 Å². The fourth-order valence-electron chi connectivity index (χ4n) is 5.95. The number of fused-ring (bicyclic) bond motifs is 1. The number of rotatable bonds is 2. The molecule has 18 heavy (non-hydrogen) atoms. The Morgan fingerprint density at radius 2 is 1.50 bits per heavy atom. The largest absolute Gasteiger partial charge is 0.370 e. The fourth-order valence-corrected chi connectivity index (χ4v) is 5.95. The van der Waals surface area contributed by atoms with Crippen LogP contribution in [0.1, 0.15) is 44.9 Å². The van der Waals surface area contributed by atoms with Gasteiger partial charge in [-0.1, -0.05) is 12.8 Å². The van der Waals surface area contributed by atoms with Crippen LogP contribution < -0.4 is 4.90 Å². The van der Waals surface area contributed by atoms with Crippen molar-refractivity contribution in [3.05, 3.63) is 0 Å². The summed E-state index contributed by atoms with van der Waals surface area (Å²) in [4.78, 5) is 1.85. The molecule has 1 N–H and O–H groups in total. The van der Waals surface area contributed by atoms with E-state index in [0.717, 1.165) is 36.4 Å². The summed E-state index contributed by atoms with van der Waals surface area (Å²) in [7, 11) is 0. The molecule has 0 unspecified atom stereocenters. The number of ether oxygens (including phenoxy) is 1. The molecule has 1 heterocycles. The van der Waals surface area contributed by atoms with E-state index in [9.17, 15) is 0 Å². The lowest BCUT2D eigenvalue weighted by Gasteiger charge is -2.49. The molecule has 0 radical (unpaired) electrons. The number of morpholine rings is 1. The first-order valence-corrected chi connectivity index (χ1v) is 8.23. The highest BCUT2D eigenvalue weighted by molar-refractivity contribution is 4.98. The van der Waals surface area contributed by atoms with Crippen molar-refractivity contribution in [3.8, 4) is 0 Å². The summed E-state index contributed by atoms with van der Waals surface area (Å²) < 4.78 is 5.52. The highest BCUT2D eigenvalue weighted by Crippen LogP contribution is 2.57. The molecule has 0 spiro atoms. The zero-order valence-electron chi connectivity index (χ0n) is 11.6. The molecular formula is C16H28NO+. The maximum absolute atomic E-state index is 5.52. The molecule has 1 saturated heterocycles. The second kappa shape index (κ2) is 4.49. The van der Waals surface area contributed by atoms with Crippen LogP contribution in [0.3, 0.4) is 0 Å². The highest BCUT2D eigenvalue weighted by Gasteiger charge is 2.50. The first-order chi connectivity index (χ1) is 8.81. The monoisotopic (exact) mass is 250 g/mol. The van der Waals surface area contributed by atoms with E-state index in [4.69, 9.17) is 4.74 Å². The number of hydrogen-bond donors (Lipinski definition) is 1. The highest BCUT2D eigenvalue weighted by atomic mass is 16.5. The third kappa shape index (κ3) is 2.12. The lowest BCUT2D eigenvalue weighted by Crippen LogP contribution is -3.15. The predicted molar refractivity (Wildman–Crippen MR) is 71.6 cm³/mol. The molecule has 1 aliphatic heterocycles. The van der Waals surface area contributed by atoms with E-state index < -0.39 is 0 Å². The number of nitrogens with one attached hydrogen (secondary N) is 1. The zero-order valence-corrected chi connectivity index (χ0v) is 11.6. The average Bonchev–Trinajstić information content (AvgIpc) is 2.56. The van der Waals surface area contributed by atoms with Gasteiger partial charge in [0.15, 0.2) is 0 Å². The van der Waals surface area contributed by atoms with Crippen molar-refractivity contribution < 1.29 is 9.64 Å². The van der Waals surface area contributed by atoms with Gasteiger partial charge in [0.05, 0.1) is 19.8 Å². The quantitative estimate of drug-likeness (QED) is 0.784. The summed E-state index contributed by atoms with van der Waals surface area (Å²) >= 11 is 0. The molecule has 2 nitrogen and oxygen atoms in total. The Bertz CT molecular complexity index is 294. The Hall–Kier alpha value is -0.0800. The summed E-state index contributed by atoms with van der Waals surface area (Å²) in [5.74, 6) is 3.29. The zero-order chi connectivity index (χ0) is 12.0. The molecule has 2 heteroatoms. The fraction of sp³-hybridized carbons (Fsp3) is 1.00.